The Morgan fingerprint density at radius 3 is 2.95 bits per heavy atom. The summed E-state index contributed by atoms with van der Waals surface area (Å²) >= 11 is 6.45. The van der Waals surface area contributed by atoms with Gasteiger partial charge in [0.25, 0.3) is 0 Å². The molecule has 3 aromatic rings. The molecule has 0 saturated carbocycles. The molecule has 0 saturated heterocycles. The van der Waals surface area contributed by atoms with Crippen LogP contribution in [0, 0.1) is 0 Å². The molecule has 102 valence electrons. The van der Waals surface area contributed by atoms with Gasteiger partial charge in [0.05, 0.1) is 10.7 Å². The first-order chi connectivity index (χ1) is 9.79. The van der Waals surface area contributed by atoms with Gasteiger partial charge in [-0.25, -0.2) is 4.98 Å². The van der Waals surface area contributed by atoms with Crippen LogP contribution in [0.1, 0.15) is 12.5 Å². The molecule has 1 aromatic carbocycles. The summed E-state index contributed by atoms with van der Waals surface area (Å²) in [5, 5.41) is 4.07. The SMILES string of the molecule is CCNCc1ccc(-c2cccc3nccn23)c(Cl)c1. The summed E-state index contributed by atoms with van der Waals surface area (Å²) in [6, 6.07) is 12.2. The van der Waals surface area contributed by atoms with Crippen molar-refractivity contribution in [3.8, 4) is 11.3 Å². The first-order valence-electron chi connectivity index (χ1n) is 6.71. The standard InChI is InChI=1S/C16H16ClN3/c1-2-18-11-12-6-7-13(14(17)10-12)15-4-3-5-16-19-8-9-20(15)16/h3-10,18H,2,11H2,1H3. The maximum absolute atomic E-state index is 6.45. The predicted molar refractivity (Wildman–Crippen MR) is 83.0 cm³/mol. The van der Waals surface area contributed by atoms with Crippen LogP contribution in [-0.2, 0) is 6.54 Å². The topological polar surface area (TPSA) is 29.3 Å². The van der Waals surface area contributed by atoms with E-state index in [1.807, 2.05) is 28.8 Å². The van der Waals surface area contributed by atoms with E-state index in [0.717, 1.165) is 35.0 Å². The minimum Gasteiger partial charge on any atom is -0.313 e. The van der Waals surface area contributed by atoms with Gasteiger partial charge in [0.2, 0.25) is 0 Å². The van der Waals surface area contributed by atoms with E-state index in [9.17, 15) is 0 Å². The zero-order valence-corrected chi connectivity index (χ0v) is 12.1. The van der Waals surface area contributed by atoms with Crippen LogP contribution in [0.15, 0.2) is 48.8 Å². The number of aromatic nitrogens is 2. The van der Waals surface area contributed by atoms with Gasteiger partial charge in [-0.1, -0.05) is 36.7 Å². The van der Waals surface area contributed by atoms with E-state index >= 15 is 0 Å². The summed E-state index contributed by atoms with van der Waals surface area (Å²) in [5.74, 6) is 0. The number of imidazole rings is 1. The first-order valence-corrected chi connectivity index (χ1v) is 7.09. The highest BCUT2D eigenvalue weighted by Gasteiger charge is 2.08. The van der Waals surface area contributed by atoms with E-state index in [1.165, 1.54) is 5.56 Å². The molecule has 0 aliphatic rings. The highest BCUT2D eigenvalue weighted by molar-refractivity contribution is 6.33. The molecular formula is C16H16ClN3. The lowest BCUT2D eigenvalue weighted by Crippen LogP contribution is -2.11. The third-order valence-electron chi connectivity index (χ3n) is 3.32. The lowest BCUT2D eigenvalue weighted by molar-refractivity contribution is 0.727. The summed E-state index contributed by atoms with van der Waals surface area (Å²) < 4.78 is 2.05. The number of rotatable bonds is 4. The average molecular weight is 286 g/mol. The Hall–Kier alpha value is -1.84. The molecule has 0 fully saturated rings. The van der Waals surface area contributed by atoms with Crippen molar-refractivity contribution in [1.82, 2.24) is 14.7 Å². The van der Waals surface area contributed by atoms with Crippen LogP contribution in [0.2, 0.25) is 5.02 Å². The second kappa shape index (κ2) is 5.65. The van der Waals surface area contributed by atoms with Gasteiger partial charge < -0.3 is 5.32 Å². The van der Waals surface area contributed by atoms with Gasteiger partial charge in [0.15, 0.2) is 0 Å². The quantitative estimate of drug-likeness (QED) is 0.791. The van der Waals surface area contributed by atoms with Crippen LogP contribution in [0.4, 0.5) is 0 Å². The minimum absolute atomic E-state index is 0.765. The van der Waals surface area contributed by atoms with Crippen molar-refractivity contribution in [2.45, 2.75) is 13.5 Å². The predicted octanol–water partition coefficient (Wildman–Crippen LogP) is 3.76. The third kappa shape index (κ3) is 2.42. The number of nitrogens with zero attached hydrogens (tertiary/aromatic N) is 2. The molecule has 0 aliphatic heterocycles. The van der Waals surface area contributed by atoms with Gasteiger partial charge in [-0.05, 0) is 30.3 Å². The normalized spacial score (nSPS) is 11.1. The highest BCUT2D eigenvalue weighted by Crippen LogP contribution is 2.29. The molecule has 0 amide bonds. The fourth-order valence-electron chi connectivity index (χ4n) is 2.31. The second-order valence-electron chi connectivity index (χ2n) is 4.66. The number of hydrogen-bond donors (Lipinski definition) is 1. The maximum atomic E-state index is 6.45. The summed E-state index contributed by atoms with van der Waals surface area (Å²) in [4.78, 5) is 4.30. The smallest absolute Gasteiger partial charge is 0.137 e. The molecule has 1 N–H and O–H groups in total. The molecule has 0 spiro atoms. The molecular weight excluding hydrogens is 270 g/mol. The van der Waals surface area contributed by atoms with Gasteiger partial charge in [-0.2, -0.15) is 0 Å². The fraction of sp³-hybridized carbons (Fsp3) is 0.188. The lowest BCUT2D eigenvalue weighted by Gasteiger charge is -2.10. The molecule has 0 unspecified atom stereocenters. The fourth-order valence-corrected chi connectivity index (χ4v) is 2.61. The van der Waals surface area contributed by atoms with Crippen molar-refractivity contribution in [2.24, 2.45) is 0 Å². The van der Waals surface area contributed by atoms with E-state index in [2.05, 4.69) is 35.4 Å². The Balaban J connectivity index is 2.04. The Labute approximate surface area is 123 Å². The highest BCUT2D eigenvalue weighted by atomic mass is 35.5. The van der Waals surface area contributed by atoms with Crippen molar-refractivity contribution in [3.05, 3.63) is 59.4 Å². The van der Waals surface area contributed by atoms with Crippen molar-refractivity contribution >= 4 is 17.2 Å². The molecule has 4 heteroatoms. The van der Waals surface area contributed by atoms with Gasteiger partial charge >= 0.3 is 0 Å². The van der Waals surface area contributed by atoms with Crippen molar-refractivity contribution in [3.63, 3.8) is 0 Å². The van der Waals surface area contributed by atoms with Crippen molar-refractivity contribution < 1.29 is 0 Å². The average Bonchev–Trinajstić information content (AvgIpc) is 2.94. The van der Waals surface area contributed by atoms with Crippen LogP contribution in [0.5, 0.6) is 0 Å². The lowest BCUT2D eigenvalue weighted by atomic mass is 10.1. The zero-order chi connectivity index (χ0) is 13.9. The molecule has 0 atom stereocenters. The number of halogens is 1. The van der Waals surface area contributed by atoms with E-state index in [4.69, 9.17) is 11.6 Å². The van der Waals surface area contributed by atoms with E-state index in [-0.39, 0.29) is 0 Å². The maximum Gasteiger partial charge on any atom is 0.137 e. The molecule has 0 aliphatic carbocycles. The van der Waals surface area contributed by atoms with Crippen LogP contribution in [0.3, 0.4) is 0 Å². The van der Waals surface area contributed by atoms with E-state index in [1.54, 1.807) is 6.20 Å². The van der Waals surface area contributed by atoms with Crippen LogP contribution >= 0.6 is 11.6 Å². The van der Waals surface area contributed by atoms with E-state index in [0.29, 0.717) is 0 Å². The zero-order valence-electron chi connectivity index (χ0n) is 11.3. The second-order valence-corrected chi connectivity index (χ2v) is 5.07. The molecule has 3 rings (SSSR count). The van der Waals surface area contributed by atoms with Gasteiger partial charge in [0, 0.05) is 24.5 Å². The minimum atomic E-state index is 0.765. The molecule has 20 heavy (non-hydrogen) atoms. The number of nitrogens with one attached hydrogen (secondary N) is 1. The Morgan fingerprint density at radius 1 is 1.25 bits per heavy atom. The van der Waals surface area contributed by atoms with Crippen LogP contribution < -0.4 is 5.32 Å². The molecule has 3 nitrogen and oxygen atoms in total. The van der Waals surface area contributed by atoms with Crippen molar-refractivity contribution in [2.75, 3.05) is 6.54 Å². The first kappa shape index (κ1) is 13.2. The van der Waals surface area contributed by atoms with E-state index < -0.39 is 0 Å². The van der Waals surface area contributed by atoms with Gasteiger partial charge in [0.1, 0.15) is 5.65 Å². The Morgan fingerprint density at radius 2 is 2.15 bits per heavy atom. The number of pyridine rings is 1. The number of fused-ring (bicyclic) bond motifs is 1. The molecule has 0 radical (unpaired) electrons. The molecule has 0 bridgehead atoms. The summed E-state index contributed by atoms with van der Waals surface area (Å²) in [6.45, 7) is 3.88. The number of benzene rings is 1. The Bertz CT molecular complexity index is 733. The van der Waals surface area contributed by atoms with Gasteiger partial charge in [-0.15, -0.1) is 0 Å². The summed E-state index contributed by atoms with van der Waals surface area (Å²) in [5.41, 5.74) is 4.20. The molecule has 2 aromatic heterocycles. The van der Waals surface area contributed by atoms with Gasteiger partial charge in [-0.3, -0.25) is 4.40 Å². The largest absolute Gasteiger partial charge is 0.313 e. The van der Waals surface area contributed by atoms with Crippen molar-refractivity contribution in [1.29, 1.82) is 0 Å². The Kier molecular flexibility index (Phi) is 3.72. The molecule has 2 heterocycles. The summed E-state index contributed by atoms with van der Waals surface area (Å²) in [6.07, 6.45) is 3.75. The van der Waals surface area contributed by atoms with Crippen LogP contribution in [-0.4, -0.2) is 15.9 Å². The third-order valence-corrected chi connectivity index (χ3v) is 3.63. The summed E-state index contributed by atoms with van der Waals surface area (Å²) in [7, 11) is 0. The number of hydrogen-bond acceptors (Lipinski definition) is 2. The van der Waals surface area contributed by atoms with Crippen LogP contribution in [0.25, 0.3) is 16.9 Å². The monoisotopic (exact) mass is 285 g/mol.